The van der Waals surface area contributed by atoms with Gasteiger partial charge in [0.1, 0.15) is 0 Å². The summed E-state index contributed by atoms with van der Waals surface area (Å²) in [5.41, 5.74) is 2.05. The lowest BCUT2D eigenvalue weighted by molar-refractivity contribution is 0.684. The fraction of sp³-hybridized carbons (Fsp3) is 0.188. The minimum atomic E-state index is -1.24. The monoisotopic (exact) mass is 412 g/mol. The molecule has 1 atom stereocenters. The number of hydrogen-bond acceptors (Lipinski definition) is 5. The Morgan fingerprint density at radius 3 is 2.68 bits per heavy atom. The van der Waals surface area contributed by atoms with Gasteiger partial charge in [0, 0.05) is 16.5 Å². The topological polar surface area (TPSA) is 60.7 Å². The van der Waals surface area contributed by atoms with Crippen LogP contribution in [0.15, 0.2) is 52.5 Å². The molecule has 0 saturated carbocycles. The quantitative estimate of drug-likeness (QED) is 0.568. The van der Waals surface area contributed by atoms with E-state index in [1.807, 2.05) is 31.2 Å². The number of halogens is 2. The van der Waals surface area contributed by atoms with Crippen LogP contribution in [0.3, 0.4) is 0 Å². The molecule has 5 nitrogen and oxygen atoms in total. The molecule has 0 N–H and O–H groups in total. The zero-order chi connectivity index (χ0) is 17.8. The number of hydrogen-bond donors (Lipinski definition) is 0. The molecule has 0 saturated heterocycles. The molecule has 9 heteroatoms. The highest BCUT2D eigenvalue weighted by atomic mass is 35.5. The number of benzene rings is 2. The highest BCUT2D eigenvalue weighted by Crippen LogP contribution is 2.25. The molecule has 0 fully saturated rings. The summed E-state index contributed by atoms with van der Waals surface area (Å²) in [5.74, 6) is 1.01. The fourth-order valence-corrected chi connectivity index (χ4v) is 4.94. The predicted molar refractivity (Wildman–Crippen MR) is 102 cm³/mol. The minimum absolute atomic E-state index is 0.422. The molecule has 25 heavy (non-hydrogen) atoms. The van der Waals surface area contributed by atoms with Crippen LogP contribution in [-0.4, -0.2) is 35.9 Å². The summed E-state index contributed by atoms with van der Waals surface area (Å²) in [6, 6.07) is 12.9. The van der Waals surface area contributed by atoms with E-state index in [2.05, 4.69) is 15.5 Å². The van der Waals surface area contributed by atoms with E-state index in [4.69, 9.17) is 23.2 Å². The maximum atomic E-state index is 12.4. The van der Waals surface area contributed by atoms with E-state index >= 15 is 0 Å². The second-order valence-corrected chi connectivity index (χ2v) is 8.63. The Morgan fingerprint density at radius 1 is 1.16 bits per heavy atom. The van der Waals surface area contributed by atoms with Gasteiger partial charge in [-0.25, -0.2) is 0 Å². The van der Waals surface area contributed by atoms with E-state index in [0.29, 0.717) is 31.6 Å². The van der Waals surface area contributed by atoms with Gasteiger partial charge in [0.15, 0.2) is 0 Å². The second kappa shape index (κ2) is 8.31. The molecular formula is C16H14Cl2N4OS2. The van der Waals surface area contributed by atoms with Gasteiger partial charge >= 0.3 is 0 Å². The number of thioether (sulfide) groups is 1. The Balaban J connectivity index is 1.65. The molecular weight excluding hydrogens is 399 g/mol. The van der Waals surface area contributed by atoms with Crippen molar-refractivity contribution in [2.24, 2.45) is 0 Å². The third-order valence-corrected chi connectivity index (χ3v) is 6.62. The van der Waals surface area contributed by atoms with Crippen molar-refractivity contribution < 1.29 is 4.21 Å². The molecule has 1 heterocycles. The van der Waals surface area contributed by atoms with E-state index in [1.54, 1.807) is 22.9 Å². The standard InChI is InChI=1S/C16H14Cl2N4OS2/c1-11-2-5-13(6-3-11)22-16(19-20-21-22)24-8-9-25(23)15-10-12(17)4-7-14(15)18/h2-7,10H,8-9H2,1H3/t25-/m1/s1. The fourth-order valence-electron chi connectivity index (χ4n) is 2.09. The van der Waals surface area contributed by atoms with Crippen LogP contribution >= 0.6 is 35.0 Å². The van der Waals surface area contributed by atoms with Crippen LogP contribution < -0.4 is 0 Å². The van der Waals surface area contributed by atoms with Crippen LogP contribution in [0.4, 0.5) is 0 Å². The van der Waals surface area contributed by atoms with E-state index < -0.39 is 10.8 Å². The third-order valence-electron chi connectivity index (χ3n) is 3.36. The lowest BCUT2D eigenvalue weighted by atomic mass is 10.2. The van der Waals surface area contributed by atoms with Gasteiger partial charge < -0.3 is 0 Å². The van der Waals surface area contributed by atoms with Crippen molar-refractivity contribution in [1.29, 1.82) is 0 Å². The molecule has 0 bridgehead atoms. The molecule has 0 aliphatic carbocycles. The molecule has 0 unspecified atom stereocenters. The SMILES string of the molecule is Cc1ccc(-n2nnnc2SCC[S@@](=O)c2cc(Cl)ccc2Cl)cc1. The van der Waals surface area contributed by atoms with Crippen LogP contribution in [-0.2, 0) is 10.8 Å². The van der Waals surface area contributed by atoms with Crippen molar-refractivity contribution in [3.05, 3.63) is 58.1 Å². The molecule has 130 valence electrons. The van der Waals surface area contributed by atoms with Crippen molar-refractivity contribution in [3.8, 4) is 5.69 Å². The average molecular weight is 413 g/mol. The first-order valence-corrected chi connectivity index (χ1v) is 10.4. The number of aryl methyl sites for hydroxylation is 1. The minimum Gasteiger partial charge on any atom is -0.254 e. The van der Waals surface area contributed by atoms with Crippen LogP contribution in [0.1, 0.15) is 5.56 Å². The number of rotatable bonds is 6. The molecule has 0 radical (unpaired) electrons. The molecule has 0 aliphatic rings. The van der Waals surface area contributed by atoms with E-state index in [9.17, 15) is 4.21 Å². The Kier molecular flexibility index (Phi) is 6.11. The molecule has 3 rings (SSSR count). The summed E-state index contributed by atoms with van der Waals surface area (Å²) in [5, 5.41) is 13.4. The van der Waals surface area contributed by atoms with E-state index in [0.717, 1.165) is 5.69 Å². The van der Waals surface area contributed by atoms with Crippen molar-refractivity contribution in [1.82, 2.24) is 20.2 Å². The van der Waals surface area contributed by atoms with Crippen LogP contribution in [0, 0.1) is 6.92 Å². The molecule has 0 aliphatic heterocycles. The van der Waals surface area contributed by atoms with Gasteiger partial charge in [0.25, 0.3) is 0 Å². The summed E-state index contributed by atoms with van der Waals surface area (Å²) in [6.07, 6.45) is 0. The van der Waals surface area contributed by atoms with Crippen molar-refractivity contribution in [3.63, 3.8) is 0 Å². The van der Waals surface area contributed by atoms with Crippen LogP contribution in [0.25, 0.3) is 5.69 Å². The first-order valence-electron chi connectivity index (χ1n) is 7.36. The summed E-state index contributed by atoms with van der Waals surface area (Å²) in [7, 11) is -1.24. The first kappa shape index (κ1) is 18.4. The van der Waals surface area contributed by atoms with Gasteiger partial charge in [-0.2, -0.15) is 4.68 Å². The highest BCUT2D eigenvalue weighted by Gasteiger charge is 2.12. The lowest BCUT2D eigenvalue weighted by Gasteiger charge is -2.06. The van der Waals surface area contributed by atoms with Crippen LogP contribution in [0.2, 0.25) is 10.0 Å². The Hall–Kier alpha value is -1.41. The number of nitrogens with zero attached hydrogens (tertiary/aromatic N) is 4. The van der Waals surface area contributed by atoms with Crippen molar-refractivity contribution in [2.75, 3.05) is 11.5 Å². The zero-order valence-electron chi connectivity index (χ0n) is 13.2. The maximum absolute atomic E-state index is 12.4. The van der Waals surface area contributed by atoms with Gasteiger partial charge in [-0.3, -0.25) is 4.21 Å². The lowest BCUT2D eigenvalue weighted by Crippen LogP contribution is -2.04. The van der Waals surface area contributed by atoms with Gasteiger partial charge in [0.05, 0.1) is 26.4 Å². The van der Waals surface area contributed by atoms with Gasteiger partial charge in [-0.1, -0.05) is 52.7 Å². The molecule has 3 aromatic rings. The summed E-state index contributed by atoms with van der Waals surface area (Å²) in [4.78, 5) is 0.549. The molecule has 0 spiro atoms. The predicted octanol–water partition coefficient (Wildman–Crippen LogP) is 4.18. The molecule has 0 amide bonds. The second-order valence-electron chi connectivity index (χ2n) is 5.18. The maximum Gasteiger partial charge on any atom is 0.214 e. The van der Waals surface area contributed by atoms with Crippen molar-refractivity contribution >= 4 is 45.8 Å². The summed E-state index contributed by atoms with van der Waals surface area (Å²) >= 11 is 13.5. The van der Waals surface area contributed by atoms with Gasteiger partial charge in [0.2, 0.25) is 5.16 Å². The van der Waals surface area contributed by atoms with Crippen molar-refractivity contribution in [2.45, 2.75) is 17.0 Å². The third kappa shape index (κ3) is 4.61. The van der Waals surface area contributed by atoms with Gasteiger partial charge in [-0.05, 0) is 47.7 Å². The number of aromatic nitrogens is 4. The first-order chi connectivity index (χ1) is 12.0. The Morgan fingerprint density at radius 2 is 1.92 bits per heavy atom. The normalized spacial score (nSPS) is 12.3. The van der Waals surface area contributed by atoms with E-state index in [1.165, 1.54) is 17.3 Å². The summed E-state index contributed by atoms with van der Waals surface area (Å²) < 4.78 is 14.1. The zero-order valence-corrected chi connectivity index (χ0v) is 16.4. The summed E-state index contributed by atoms with van der Waals surface area (Å²) in [6.45, 7) is 2.02. The molecule has 2 aromatic carbocycles. The highest BCUT2D eigenvalue weighted by molar-refractivity contribution is 8.00. The number of tetrazole rings is 1. The Bertz CT molecular complexity index is 899. The largest absolute Gasteiger partial charge is 0.254 e. The van der Waals surface area contributed by atoms with Crippen LogP contribution in [0.5, 0.6) is 0 Å². The smallest absolute Gasteiger partial charge is 0.214 e. The average Bonchev–Trinajstić information content (AvgIpc) is 3.06. The Labute approximate surface area is 162 Å². The molecule has 1 aromatic heterocycles. The van der Waals surface area contributed by atoms with E-state index in [-0.39, 0.29) is 0 Å². The van der Waals surface area contributed by atoms with Gasteiger partial charge in [-0.15, -0.1) is 5.10 Å².